The van der Waals surface area contributed by atoms with Crippen LogP contribution in [-0.4, -0.2) is 69.3 Å². The Morgan fingerprint density at radius 1 is 1.21 bits per heavy atom. The number of nitrogens with one attached hydrogen (secondary N) is 1. The van der Waals surface area contributed by atoms with Gasteiger partial charge in [-0.25, -0.2) is 18.7 Å². The number of aliphatic hydroxyl groups is 2. The smallest absolute Gasteiger partial charge is 0.387 e. The molecule has 33 heavy (non-hydrogen) atoms. The maximum atomic E-state index is 11.9. The van der Waals surface area contributed by atoms with E-state index in [-0.39, 0.29) is 17.1 Å². The minimum Gasteiger partial charge on any atom is -0.387 e. The molecule has 0 aromatic carbocycles. The summed E-state index contributed by atoms with van der Waals surface area (Å²) in [5.74, 6) is -0.270. The number of hydrogen-bond acceptors (Lipinski definition) is 13. The molecule has 3 heterocycles. The molecule has 0 aliphatic carbocycles. The van der Waals surface area contributed by atoms with Gasteiger partial charge in [0, 0.05) is 5.66 Å². The Bertz CT molecular complexity index is 1300. The maximum Gasteiger partial charge on any atom is 0.489 e. The molecule has 182 valence electrons. The number of rotatable bonds is 8. The minimum absolute atomic E-state index is 0.106. The number of ether oxygens (including phenoxy) is 1. The molecular weight excluding hydrogens is 515 g/mol. The number of nitrogens with zero attached hydrogens (tertiary/aromatic N) is 3. The Balaban J connectivity index is 1.72. The average molecular weight is 531 g/mol. The van der Waals surface area contributed by atoms with Gasteiger partial charge in [0.15, 0.2) is 17.4 Å². The van der Waals surface area contributed by atoms with Crippen LogP contribution in [0.3, 0.4) is 0 Å². The second kappa shape index (κ2) is 9.01. The van der Waals surface area contributed by atoms with E-state index in [0.29, 0.717) is 0 Å². The van der Waals surface area contributed by atoms with E-state index < -0.39 is 59.9 Å². The normalized spacial score (nSPS) is 28.6. The van der Waals surface area contributed by atoms with Crippen molar-refractivity contribution in [2.45, 2.75) is 24.5 Å². The number of phosphoric ester groups is 1. The van der Waals surface area contributed by atoms with E-state index in [1.54, 1.807) is 0 Å². The van der Waals surface area contributed by atoms with Crippen molar-refractivity contribution in [1.29, 1.82) is 0 Å². The molecule has 0 amide bonds. The summed E-state index contributed by atoms with van der Waals surface area (Å²) in [7, 11) is -16.1. The highest BCUT2D eigenvalue weighted by molar-refractivity contribution is 7.70. The molecule has 7 atom stereocenters. The van der Waals surface area contributed by atoms with Crippen molar-refractivity contribution in [2.24, 2.45) is 0 Å². The molecule has 1 aliphatic rings. The molecular formula is C12H16N5O13P3. The summed E-state index contributed by atoms with van der Waals surface area (Å²) in [6.45, 7) is -0.989. The van der Waals surface area contributed by atoms with Gasteiger partial charge in [0.05, 0.1) is 12.9 Å². The Labute approximate surface area is 182 Å². The number of anilines is 1. The zero-order chi connectivity index (χ0) is 24.8. The number of terminal acetylenes is 1. The quantitative estimate of drug-likeness (QED) is 0.148. The van der Waals surface area contributed by atoms with Gasteiger partial charge in [-0.3, -0.25) is 18.9 Å². The summed E-state index contributed by atoms with van der Waals surface area (Å²) in [5.41, 5.74) is 5.68. The first-order valence-corrected chi connectivity index (χ1v) is 13.0. The van der Waals surface area contributed by atoms with Crippen LogP contribution in [0.15, 0.2) is 11.1 Å². The van der Waals surface area contributed by atoms with Crippen molar-refractivity contribution in [3.05, 3.63) is 16.7 Å². The van der Waals surface area contributed by atoms with E-state index >= 15 is 0 Å². The van der Waals surface area contributed by atoms with Gasteiger partial charge in [-0.05, 0) is 0 Å². The summed E-state index contributed by atoms with van der Waals surface area (Å²) in [6.07, 6.45) is -0.664. The van der Waals surface area contributed by atoms with Crippen molar-refractivity contribution in [2.75, 3.05) is 12.3 Å². The number of nitrogens with two attached hydrogens (primary N) is 1. The summed E-state index contributed by atoms with van der Waals surface area (Å²) >= 11 is 0. The molecule has 18 nitrogen and oxygen atoms in total. The standard InChI is InChI=1S/C12H16N5O13P3/c1-2-31(21,22)29-33(25,26)30-32(23,24)27-3-5-7(18)8(19)11(28-5)17-4-14-6-9(17)15-12(13)16-10(6)20/h1,4-5,7-8,11,18-19H,3H2,(H,21,22)(H,23,24)(H,25,26)(H3,13,15,16,20)/t5-,7?,8?,11-/m1/s1. The number of aromatic amines is 1. The van der Waals surface area contributed by atoms with Crippen LogP contribution < -0.4 is 11.3 Å². The van der Waals surface area contributed by atoms with Crippen molar-refractivity contribution in [1.82, 2.24) is 19.5 Å². The number of nitrogen functional groups attached to an aromatic ring is 1. The number of hydrogen-bond donors (Lipinski definition) is 7. The minimum atomic E-state index is -5.64. The molecule has 2 aromatic heterocycles. The fourth-order valence-corrected chi connectivity index (χ4v) is 5.99. The average Bonchev–Trinajstić information content (AvgIpc) is 3.20. The Kier molecular flexibility index (Phi) is 7.00. The predicted octanol–water partition coefficient (Wildman–Crippen LogP) is -1.65. The zero-order valence-electron chi connectivity index (χ0n) is 15.9. The third-order valence-corrected chi connectivity index (χ3v) is 8.21. The summed E-state index contributed by atoms with van der Waals surface area (Å²) in [5, 5.41) is 20.5. The lowest BCUT2D eigenvalue weighted by Crippen LogP contribution is -2.33. The van der Waals surface area contributed by atoms with Crippen LogP contribution in [0.1, 0.15) is 6.23 Å². The number of aliphatic hydroxyl groups excluding tert-OH is 2. The van der Waals surface area contributed by atoms with E-state index in [1.165, 1.54) is 0 Å². The van der Waals surface area contributed by atoms with Crippen LogP contribution in [-0.2, 0) is 31.6 Å². The lowest BCUT2D eigenvalue weighted by Gasteiger charge is -2.19. The predicted molar refractivity (Wildman–Crippen MR) is 105 cm³/mol. The van der Waals surface area contributed by atoms with Crippen molar-refractivity contribution >= 4 is 40.4 Å². The highest BCUT2D eigenvalue weighted by Gasteiger charge is 2.47. The molecule has 8 N–H and O–H groups in total. The van der Waals surface area contributed by atoms with E-state index in [1.807, 2.05) is 0 Å². The van der Waals surface area contributed by atoms with Crippen molar-refractivity contribution in [3.8, 4) is 12.1 Å². The molecule has 5 unspecified atom stereocenters. The molecule has 0 spiro atoms. The molecule has 0 bridgehead atoms. The van der Waals surface area contributed by atoms with E-state index in [4.69, 9.17) is 15.4 Å². The van der Waals surface area contributed by atoms with E-state index in [9.17, 15) is 38.5 Å². The molecule has 1 aliphatic heterocycles. The topological polar surface area (TPSA) is 279 Å². The van der Waals surface area contributed by atoms with E-state index in [2.05, 4.69) is 34.5 Å². The largest absolute Gasteiger partial charge is 0.489 e. The number of aromatic nitrogens is 4. The van der Waals surface area contributed by atoms with Crippen LogP contribution in [0.2, 0.25) is 0 Å². The number of phosphoric acid groups is 2. The monoisotopic (exact) mass is 531 g/mol. The second-order valence-electron chi connectivity index (χ2n) is 6.37. The first-order chi connectivity index (χ1) is 15.1. The molecule has 1 saturated heterocycles. The van der Waals surface area contributed by atoms with Crippen LogP contribution in [0, 0.1) is 12.1 Å². The molecule has 1 fully saturated rings. The van der Waals surface area contributed by atoms with Gasteiger partial charge in [0.25, 0.3) is 5.56 Å². The maximum absolute atomic E-state index is 11.9. The first-order valence-electron chi connectivity index (χ1n) is 8.42. The lowest BCUT2D eigenvalue weighted by molar-refractivity contribution is -0.0503. The molecule has 2 aromatic rings. The highest BCUT2D eigenvalue weighted by atomic mass is 31.3. The molecule has 21 heteroatoms. The van der Waals surface area contributed by atoms with Gasteiger partial charge in [-0.1, -0.05) is 0 Å². The Hall–Kier alpha value is -1.96. The highest BCUT2D eigenvalue weighted by Crippen LogP contribution is 2.67. The third kappa shape index (κ3) is 5.76. The van der Waals surface area contributed by atoms with E-state index in [0.717, 1.165) is 16.6 Å². The summed E-state index contributed by atoms with van der Waals surface area (Å²) in [4.78, 5) is 49.7. The van der Waals surface area contributed by atoms with Gasteiger partial charge in [0.1, 0.15) is 18.3 Å². The lowest BCUT2D eigenvalue weighted by atomic mass is 10.1. The summed E-state index contributed by atoms with van der Waals surface area (Å²) < 4.78 is 53.1. The van der Waals surface area contributed by atoms with Gasteiger partial charge >= 0.3 is 23.2 Å². The number of fused-ring (bicyclic) bond motifs is 1. The number of H-pyrrole nitrogens is 1. The van der Waals surface area contributed by atoms with Crippen LogP contribution >= 0.6 is 23.2 Å². The zero-order valence-corrected chi connectivity index (χ0v) is 18.6. The Morgan fingerprint density at radius 3 is 2.52 bits per heavy atom. The SMILES string of the molecule is C#CP(=O)(O)OP(=O)(O)OP(=O)(O)OC[C@H]1O[C@@H](n2cnc3c(=O)[nH]c(N)nc32)C(O)C1O. The van der Waals surface area contributed by atoms with Crippen LogP contribution in [0.25, 0.3) is 11.2 Å². The van der Waals surface area contributed by atoms with Crippen molar-refractivity contribution < 1.29 is 56.5 Å². The van der Waals surface area contributed by atoms with Gasteiger partial charge < -0.3 is 35.4 Å². The van der Waals surface area contributed by atoms with Crippen LogP contribution in [0.4, 0.5) is 5.95 Å². The third-order valence-electron chi connectivity index (χ3n) is 4.05. The van der Waals surface area contributed by atoms with Crippen molar-refractivity contribution in [3.63, 3.8) is 0 Å². The summed E-state index contributed by atoms with van der Waals surface area (Å²) in [6, 6.07) is 0. The fourth-order valence-electron chi connectivity index (χ4n) is 2.73. The fraction of sp³-hybridized carbons (Fsp3) is 0.417. The van der Waals surface area contributed by atoms with Gasteiger partial charge in [0.2, 0.25) is 5.95 Å². The van der Waals surface area contributed by atoms with Crippen LogP contribution in [0.5, 0.6) is 0 Å². The Morgan fingerprint density at radius 2 is 1.88 bits per heavy atom. The molecule has 3 rings (SSSR count). The number of imidazole rings is 1. The molecule has 0 saturated carbocycles. The molecule has 0 radical (unpaired) electrons. The first kappa shape index (κ1) is 25.7. The van der Waals surface area contributed by atoms with Gasteiger partial charge in [-0.2, -0.15) is 13.6 Å². The second-order valence-corrected chi connectivity index (χ2v) is 11.1. The van der Waals surface area contributed by atoms with Gasteiger partial charge in [-0.15, -0.1) is 6.42 Å².